The Morgan fingerprint density at radius 2 is 2.33 bits per heavy atom. The largest absolute Gasteiger partial charge is 0.331 e. The zero-order chi connectivity index (χ0) is 8.55. The van der Waals surface area contributed by atoms with Gasteiger partial charge in [-0.2, -0.15) is 0 Å². The second kappa shape index (κ2) is 2.90. The molecule has 0 N–H and O–H groups in total. The fourth-order valence-corrected chi connectivity index (χ4v) is 1.64. The first kappa shape index (κ1) is 7.80. The molecule has 0 amide bonds. The summed E-state index contributed by atoms with van der Waals surface area (Å²) >= 11 is 3.41. The van der Waals surface area contributed by atoms with Crippen LogP contribution in [0.3, 0.4) is 0 Å². The Kier molecular flexibility index (Phi) is 1.89. The number of fused-ring (bicyclic) bond motifs is 1. The quantitative estimate of drug-likeness (QED) is 0.729. The van der Waals surface area contributed by atoms with Crippen molar-refractivity contribution in [2.24, 2.45) is 0 Å². The third kappa shape index (κ3) is 1.14. The highest BCUT2D eigenvalue weighted by Crippen LogP contribution is 2.18. The molecule has 0 saturated heterocycles. The molecule has 0 spiro atoms. The lowest BCUT2D eigenvalue weighted by molar-refractivity contribution is 0.787. The van der Waals surface area contributed by atoms with Gasteiger partial charge in [0.1, 0.15) is 0 Å². The highest BCUT2D eigenvalue weighted by atomic mass is 79.9. The summed E-state index contributed by atoms with van der Waals surface area (Å²) in [5.74, 6) is 0. The van der Waals surface area contributed by atoms with Crippen molar-refractivity contribution in [3.05, 3.63) is 29.0 Å². The summed E-state index contributed by atoms with van der Waals surface area (Å²) in [5, 5.41) is 0. The second-order valence-electron chi connectivity index (χ2n) is 2.66. The fourth-order valence-electron chi connectivity index (χ4n) is 1.29. The van der Waals surface area contributed by atoms with E-state index in [2.05, 4.69) is 38.5 Å². The summed E-state index contributed by atoms with van der Waals surface area (Å²) < 4.78 is 3.21. The molecule has 0 bridgehead atoms. The first-order chi connectivity index (χ1) is 5.81. The van der Waals surface area contributed by atoms with Crippen LogP contribution in [0.1, 0.15) is 6.92 Å². The summed E-state index contributed by atoms with van der Waals surface area (Å²) in [4.78, 5) is 4.28. The van der Waals surface area contributed by atoms with Crippen molar-refractivity contribution >= 4 is 27.0 Å². The summed E-state index contributed by atoms with van der Waals surface area (Å²) in [5.41, 5.74) is 2.24. The van der Waals surface area contributed by atoms with Crippen molar-refractivity contribution in [3.8, 4) is 0 Å². The highest BCUT2D eigenvalue weighted by molar-refractivity contribution is 9.10. The Labute approximate surface area is 79.3 Å². The summed E-state index contributed by atoms with van der Waals surface area (Å²) in [7, 11) is 0. The molecule has 3 heteroatoms. The molecule has 62 valence electrons. The summed E-state index contributed by atoms with van der Waals surface area (Å²) in [6, 6.07) is 6.15. The lowest BCUT2D eigenvalue weighted by Crippen LogP contribution is -1.89. The van der Waals surface area contributed by atoms with Crippen LogP contribution in [0.25, 0.3) is 11.0 Å². The average Bonchev–Trinajstić information content (AvgIpc) is 2.46. The van der Waals surface area contributed by atoms with Crippen molar-refractivity contribution in [2.75, 3.05) is 0 Å². The normalized spacial score (nSPS) is 10.8. The van der Waals surface area contributed by atoms with Crippen LogP contribution in [0, 0.1) is 0 Å². The monoisotopic (exact) mass is 224 g/mol. The molecule has 2 rings (SSSR count). The zero-order valence-electron chi connectivity index (χ0n) is 6.79. The maximum Gasteiger partial charge on any atom is 0.0958 e. The third-order valence-corrected chi connectivity index (χ3v) is 2.42. The van der Waals surface area contributed by atoms with Gasteiger partial charge in [-0.1, -0.05) is 15.9 Å². The molecule has 0 fully saturated rings. The average molecular weight is 225 g/mol. The highest BCUT2D eigenvalue weighted by Gasteiger charge is 1.99. The molecule has 0 aliphatic carbocycles. The number of hydrogen-bond acceptors (Lipinski definition) is 1. The predicted molar refractivity (Wildman–Crippen MR) is 53.1 cm³/mol. The molecule has 12 heavy (non-hydrogen) atoms. The van der Waals surface area contributed by atoms with E-state index in [1.165, 1.54) is 5.52 Å². The van der Waals surface area contributed by atoms with Gasteiger partial charge in [-0.25, -0.2) is 4.98 Å². The Balaban J connectivity index is 2.73. The molecule has 1 aromatic carbocycles. The molecule has 0 radical (unpaired) electrons. The van der Waals surface area contributed by atoms with Crippen LogP contribution in [0.4, 0.5) is 0 Å². The number of hydrogen-bond donors (Lipinski definition) is 0. The molecule has 0 saturated carbocycles. The van der Waals surface area contributed by atoms with Gasteiger partial charge in [0.2, 0.25) is 0 Å². The van der Waals surface area contributed by atoms with E-state index in [-0.39, 0.29) is 0 Å². The van der Waals surface area contributed by atoms with Gasteiger partial charge in [0, 0.05) is 11.0 Å². The number of rotatable bonds is 1. The van der Waals surface area contributed by atoms with Crippen LogP contribution in [0.2, 0.25) is 0 Å². The smallest absolute Gasteiger partial charge is 0.0958 e. The van der Waals surface area contributed by atoms with Crippen molar-refractivity contribution in [1.82, 2.24) is 9.55 Å². The van der Waals surface area contributed by atoms with Crippen LogP contribution in [-0.4, -0.2) is 9.55 Å². The summed E-state index contributed by atoms with van der Waals surface area (Å²) in [6.45, 7) is 3.08. The molecule has 0 aliphatic rings. The van der Waals surface area contributed by atoms with Gasteiger partial charge in [-0.05, 0) is 25.1 Å². The van der Waals surface area contributed by atoms with Crippen LogP contribution in [0.5, 0.6) is 0 Å². The van der Waals surface area contributed by atoms with E-state index in [4.69, 9.17) is 0 Å². The van der Waals surface area contributed by atoms with Gasteiger partial charge >= 0.3 is 0 Å². The van der Waals surface area contributed by atoms with Gasteiger partial charge in [-0.15, -0.1) is 0 Å². The molecular formula is C9H9BrN2. The molecule has 0 atom stereocenters. The summed E-state index contributed by atoms with van der Waals surface area (Å²) in [6.07, 6.45) is 1.87. The molecule has 1 heterocycles. The molecule has 0 aliphatic heterocycles. The van der Waals surface area contributed by atoms with Gasteiger partial charge in [-0.3, -0.25) is 0 Å². The molecule has 0 unspecified atom stereocenters. The first-order valence-corrected chi connectivity index (χ1v) is 4.71. The maximum absolute atomic E-state index is 4.28. The molecular weight excluding hydrogens is 216 g/mol. The lowest BCUT2D eigenvalue weighted by atomic mass is 10.3. The topological polar surface area (TPSA) is 17.8 Å². The van der Waals surface area contributed by atoms with Crippen LogP contribution in [0.15, 0.2) is 29.0 Å². The van der Waals surface area contributed by atoms with E-state index in [9.17, 15) is 0 Å². The van der Waals surface area contributed by atoms with Gasteiger partial charge in [0.15, 0.2) is 0 Å². The minimum absolute atomic E-state index is 0.970. The molecule has 2 aromatic rings. The number of aromatic nitrogens is 2. The predicted octanol–water partition coefficient (Wildman–Crippen LogP) is 2.82. The molecule has 2 nitrogen and oxygen atoms in total. The number of aryl methyl sites for hydroxylation is 1. The Morgan fingerprint density at radius 1 is 1.50 bits per heavy atom. The first-order valence-electron chi connectivity index (χ1n) is 3.91. The number of imidazole rings is 1. The lowest BCUT2D eigenvalue weighted by Gasteiger charge is -1.97. The van der Waals surface area contributed by atoms with E-state index >= 15 is 0 Å². The van der Waals surface area contributed by atoms with E-state index in [0.29, 0.717) is 0 Å². The van der Waals surface area contributed by atoms with E-state index in [1.807, 2.05) is 18.5 Å². The van der Waals surface area contributed by atoms with Crippen LogP contribution >= 0.6 is 15.9 Å². The van der Waals surface area contributed by atoms with Crippen molar-refractivity contribution in [1.29, 1.82) is 0 Å². The zero-order valence-corrected chi connectivity index (χ0v) is 8.37. The minimum atomic E-state index is 0.970. The SMILES string of the molecule is CCn1cnc2cc(Br)ccc21. The van der Waals surface area contributed by atoms with Crippen molar-refractivity contribution in [3.63, 3.8) is 0 Å². The number of nitrogens with zero attached hydrogens (tertiary/aromatic N) is 2. The number of halogens is 1. The number of benzene rings is 1. The Bertz CT molecular complexity index is 406. The van der Waals surface area contributed by atoms with Crippen molar-refractivity contribution in [2.45, 2.75) is 13.5 Å². The van der Waals surface area contributed by atoms with Crippen LogP contribution in [-0.2, 0) is 6.54 Å². The van der Waals surface area contributed by atoms with Crippen LogP contribution < -0.4 is 0 Å². The Hall–Kier alpha value is -0.830. The minimum Gasteiger partial charge on any atom is -0.331 e. The van der Waals surface area contributed by atoms with Crippen molar-refractivity contribution < 1.29 is 0 Å². The van der Waals surface area contributed by atoms with Gasteiger partial charge < -0.3 is 4.57 Å². The van der Waals surface area contributed by atoms with Gasteiger partial charge in [0.05, 0.1) is 17.4 Å². The Morgan fingerprint density at radius 3 is 3.08 bits per heavy atom. The van der Waals surface area contributed by atoms with E-state index in [1.54, 1.807) is 0 Å². The van der Waals surface area contributed by atoms with E-state index in [0.717, 1.165) is 16.5 Å². The molecule has 1 aromatic heterocycles. The van der Waals surface area contributed by atoms with E-state index < -0.39 is 0 Å². The third-order valence-electron chi connectivity index (χ3n) is 1.92. The maximum atomic E-state index is 4.28. The fraction of sp³-hybridized carbons (Fsp3) is 0.222. The standard InChI is InChI=1S/C9H9BrN2/c1-2-12-6-11-8-5-7(10)3-4-9(8)12/h3-6H,2H2,1H3. The second-order valence-corrected chi connectivity index (χ2v) is 3.58. The van der Waals surface area contributed by atoms with Gasteiger partial charge in [0.25, 0.3) is 0 Å².